The predicted octanol–water partition coefficient (Wildman–Crippen LogP) is 6.97. The Morgan fingerprint density at radius 2 is 1.53 bits per heavy atom. The molecule has 1 aliphatic heterocycles. The number of hydrogen-bond acceptors (Lipinski definition) is 4. The van der Waals surface area contributed by atoms with E-state index >= 15 is 0 Å². The monoisotopic (exact) mass is 611 g/mol. The second kappa shape index (κ2) is 12.8. The van der Waals surface area contributed by atoms with E-state index in [2.05, 4.69) is 12.1 Å². The van der Waals surface area contributed by atoms with Gasteiger partial charge in [-0.25, -0.2) is 4.79 Å². The van der Waals surface area contributed by atoms with Crippen LogP contribution in [0.3, 0.4) is 0 Å². The van der Waals surface area contributed by atoms with Gasteiger partial charge >= 0.3 is 12.0 Å². The first-order valence-corrected chi connectivity index (χ1v) is 17.5. The quantitative estimate of drug-likeness (QED) is 0.342. The number of aryl methyl sites for hydroxylation is 1. The zero-order chi connectivity index (χ0) is 31.1. The average Bonchev–Trinajstić information content (AvgIpc) is 3.16. The fourth-order valence-electron chi connectivity index (χ4n) is 10.2. The molecule has 6 fully saturated rings. The molecule has 0 aromatic heterocycles. The molecule has 5 aliphatic carbocycles. The maximum Gasteiger partial charge on any atom is 0.325 e. The summed E-state index contributed by atoms with van der Waals surface area (Å²) in [5, 5.41) is 0. The lowest BCUT2D eigenvalue weighted by Crippen LogP contribution is -2.56. The normalized spacial score (nSPS) is 33.1. The first-order valence-electron chi connectivity index (χ1n) is 17.5. The number of nitrogens with zero attached hydrogens (tertiary/aromatic N) is 2. The molecule has 3 amide bonds. The number of urea groups is 1. The van der Waals surface area contributed by atoms with E-state index in [0.717, 1.165) is 55.1 Å². The van der Waals surface area contributed by atoms with Gasteiger partial charge in [0.15, 0.2) is 0 Å². The minimum absolute atomic E-state index is 0.0252. The van der Waals surface area contributed by atoms with Crippen LogP contribution in [0.4, 0.5) is 10.5 Å². The van der Waals surface area contributed by atoms with Gasteiger partial charge in [0.05, 0.1) is 0 Å². The highest BCUT2D eigenvalue weighted by Gasteiger charge is 2.51. The van der Waals surface area contributed by atoms with Crippen LogP contribution < -0.4 is 10.6 Å². The summed E-state index contributed by atoms with van der Waals surface area (Å²) in [5.74, 6) is 2.37. The van der Waals surface area contributed by atoms with Crippen molar-refractivity contribution in [3.8, 4) is 0 Å². The lowest BCUT2D eigenvalue weighted by molar-refractivity contribution is -0.174. The summed E-state index contributed by atoms with van der Waals surface area (Å²) in [6.45, 7) is 1.90. The number of esters is 1. The van der Waals surface area contributed by atoms with E-state index in [0.29, 0.717) is 29.9 Å². The Kier molecular flexibility index (Phi) is 8.62. The summed E-state index contributed by atoms with van der Waals surface area (Å²) in [7, 11) is 0. The van der Waals surface area contributed by atoms with Gasteiger partial charge in [0.25, 0.3) is 0 Å². The number of carbonyl (C=O) groups is 3. The highest BCUT2D eigenvalue weighted by atomic mass is 16.5. The van der Waals surface area contributed by atoms with E-state index in [-0.39, 0.29) is 36.5 Å². The van der Waals surface area contributed by atoms with E-state index in [1.165, 1.54) is 43.4 Å². The molecule has 3 unspecified atom stereocenters. The van der Waals surface area contributed by atoms with Gasteiger partial charge in [-0.2, -0.15) is 0 Å². The third-order valence-electron chi connectivity index (χ3n) is 12.0. The first-order chi connectivity index (χ1) is 21.8. The second-order valence-corrected chi connectivity index (χ2v) is 15.0. The number of ether oxygens (including phenoxy) is 1. The van der Waals surface area contributed by atoms with Gasteiger partial charge in [-0.05, 0) is 123 Å². The van der Waals surface area contributed by atoms with Crippen LogP contribution in [-0.2, 0) is 14.3 Å². The minimum Gasteiger partial charge on any atom is -0.460 e. The van der Waals surface area contributed by atoms with Crippen molar-refractivity contribution in [3.63, 3.8) is 0 Å². The average molecular weight is 612 g/mol. The van der Waals surface area contributed by atoms with Crippen LogP contribution in [0.1, 0.15) is 94.1 Å². The summed E-state index contributed by atoms with van der Waals surface area (Å²) in [5.41, 5.74) is 8.83. The molecular weight excluding hydrogens is 562 g/mol. The number of hydrogen-bond donors (Lipinski definition) is 1. The molecule has 2 N–H and O–H groups in total. The van der Waals surface area contributed by atoms with Crippen molar-refractivity contribution in [2.24, 2.45) is 35.3 Å². The maximum absolute atomic E-state index is 14.9. The number of rotatable bonds is 7. The maximum atomic E-state index is 14.9. The Bertz CT molecular complexity index is 1360. The lowest BCUT2D eigenvalue weighted by atomic mass is 9.55. The molecule has 0 radical (unpaired) electrons. The fraction of sp³-hybridized carbons (Fsp3) is 0.605. The number of primary amides is 1. The Morgan fingerprint density at radius 3 is 2.18 bits per heavy atom. The molecule has 240 valence electrons. The third-order valence-corrected chi connectivity index (χ3v) is 12.0. The second-order valence-electron chi connectivity index (χ2n) is 15.0. The zero-order valence-corrected chi connectivity index (χ0v) is 26.7. The smallest absolute Gasteiger partial charge is 0.325 e. The van der Waals surface area contributed by atoms with Crippen LogP contribution in [-0.4, -0.2) is 47.5 Å². The molecule has 6 aliphatic rings. The van der Waals surface area contributed by atoms with E-state index in [9.17, 15) is 14.4 Å². The Balaban J connectivity index is 1.23. The summed E-state index contributed by atoms with van der Waals surface area (Å²) in [6, 6.07) is 16.4. The van der Waals surface area contributed by atoms with Crippen molar-refractivity contribution >= 4 is 23.6 Å². The molecule has 1 saturated heterocycles. The van der Waals surface area contributed by atoms with Crippen LogP contribution in [0, 0.1) is 36.5 Å². The van der Waals surface area contributed by atoms with Crippen LogP contribution in [0.2, 0.25) is 0 Å². The molecule has 0 spiro atoms. The molecule has 1 heterocycles. The molecule has 8 rings (SSSR count). The minimum atomic E-state index is -0.822. The molecule has 2 aromatic rings. The zero-order valence-electron chi connectivity index (χ0n) is 26.7. The lowest BCUT2D eigenvalue weighted by Gasteiger charge is -2.53. The van der Waals surface area contributed by atoms with Crippen molar-refractivity contribution in [1.29, 1.82) is 0 Å². The molecule has 4 bridgehead atoms. The van der Waals surface area contributed by atoms with Crippen molar-refractivity contribution in [1.82, 2.24) is 4.90 Å². The van der Waals surface area contributed by atoms with Crippen molar-refractivity contribution < 1.29 is 19.1 Å². The number of likely N-dealkylation sites (tertiary alicyclic amines) is 1. The van der Waals surface area contributed by atoms with Crippen molar-refractivity contribution in [2.45, 2.75) is 108 Å². The molecule has 2 aromatic carbocycles. The van der Waals surface area contributed by atoms with Gasteiger partial charge in [0.1, 0.15) is 18.7 Å². The molecule has 45 heavy (non-hydrogen) atoms. The van der Waals surface area contributed by atoms with Gasteiger partial charge in [-0.3, -0.25) is 14.5 Å². The number of anilines is 1. The number of carbonyl (C=O) groups excluding carboxylic acids is 3. The Morgan fingerprint density at radius 1 is 0.844 bits per heavy atom. The topological polar surface area (TPSA) is 92.9 Å². The summed E-state index contributed by atoms with van der Waals surface area (Å²) < 4.78 is 6.37. The summed E-state index contributed by atoms with van der Waals surface area (Å²) >= 11 is 0. The van der Waals surface area contributed by atoms with Crippen molar-refractivity contribution in [2.75, 3.05) is 11.4 Å². The fourth-order valence-corrected chi connectivity index (χ4v) is 10.2. The Labute approximate surface area is 267 Å². The van der Waals surface area contributed by atoms with Gasteiger partial charge < -0.3 is 15.4 Å². The molecule has 5 saturated carbocycles. The number of amides is 3. The van der Waals surface area contributed by atoms with Gasteiger partial charge in [0.2, 0.25) is 5.91 Å². The van der Waals surface area contributed by atoms with E-state index in [1.807, 2.05) is 54.3 Å². The number of nitrogens with two attached hydrogens (primary N) is 1. The first kappa shape index (κ1) is 30.3. The highest BCUT2D eigenvalue weighted by Crippen LogP contribution is 2.54. The predicted molar refractivity (Wildman–Crippen MR) is 174 cm³/mol. The summed E-state index contributed by atoms with van der Waals surface area (Å²) in [4.78, 5) is 45.4. The van der Waals surface area contributed by atoms with E-state index in [1.54, 1.807) is 0 Å². The number of benzene rings is 2. The molecule has 7 nitrogen and oxygen atoms in total. The standard InChI is InChI=1S/C38H49N3O4/c1-24-9-8-14-32(15-24)41(38(39)44)34-22-29(27-10-4-2-5-11-27)21-33(28-12-6-3-7-13-28)40(37(34)43)23-35(42)45-36-30-17-25-16-26(19-30)20-31(36)18-25/h2,4-5,8-11,14-15,25-26,28-31,33-34,36H,3,6-7,12-13,16-23H2,1H3,(H2,39,44). The van der Waals surface area contributed by atoms with E-state index in [4.69, 9.17) is 10.5 Å². The molecule has 3 atom stereocenters. The largest absolute Gasteiger partial charge is 0.460 e. The SMILES string of the molecule is Cc1cccc(N(C(N)=O)C2CC(c3ccccc3)CC(C3CCCCC3)N(CC(=O)OC3C4CC5CC(C4)CC3C5)C2=O)c1. The van der Waals surface area contributed by atoms with Crippen LogP contribution in [0.25, 0.3) is 0 Å². The van der Waals surface area contributed by atoms with Gasteiger partial charge in [-0.15, -0.1) is 0 Å². The highest BCUT2D eigenvalue weighted by molar-refractivity contribution is 6.00. The van der Waals surface area contributed by atoms with E-state index < -0.39 is 12.1 Å². The molecule has 7 heteroatoms. The van der Waals surface area contributed by atoms with Crippen LogP contribution in [0.15, 0.2) is 54.6 Å². The van der Waals surface area contributed by atoms with Gasteiger partial charge in [0, 0.05) is 11.7 Å². The Hall–Kier alpha value is -3.35. The van der Waals surface area contributed by atoms with Gasteiger partial charge in [-0.1, -0.05) is 61.7 Å². The van der Waals surface area contributed by atoms with Crippen molar-refractivity contribution in [3.05, 3.63) is 65.7 Å². The van der Waals surface area contributed by atoms with Crippen LogP contribution in [0.5, 0.6) is 0 Å². The van der Waals surface area contributed by atoms with Crippen LogP contribution >= 0.6 is 0 Å². The molecular formula is C38H49N3O4. The summed E-state index contributed by atoms with van der Waals surface area (Å²) in [6.07, 6.45) is 12.8. The third kappa shape index (κ3) is 6.24.